The second-order valence-corrected chi connectivity index (χ2v) is 6.24. The number of amides is 1. The number of nitrogens with zero attached hydrogens (tertiary/aromatic N) is 2. The Labute approximate surface area is 138 Å². The highest BCUT2D eigenvalue weighted by Gasteiger charge is 2.42. The number of carboxylic acid groups (broad SMARTS) is 1. The fraction of sp³-hybridized carbons (Fsp3) is 0.412. The Balaban J connectivity index is 1.90. The van der Waals surface area contributed by atoms with Crippen LogP contribution in [-0.2, 0) is 23.1 Å². The largest absolute Gasteiger partial charge is 0.480 e. The van der Waals surface area contributed by atoms with Gasteiger partial charge < -0.3 is 10.4 Å². The summed E-state index contributed by atoms with van der Waals surface area (Å²) in [6.45, 7) is 0. The Morgan fingerprint density at radius 1 is 1.25 bits per heavy atom. The minimum atomic E-state index is -1.17. The van der Waals surface area contributed by atoms with E-state index in [9.17, 15) is 19.5 Å². The Morgan fingerprint density at radius 2 is 1.88 bits per heavy atom. The molecule has 2 N–H and O–H groups in total. The molecule has 1 aliphatic carbocycles. The number of carbonyl (C=O) groups is 2. The predicted octanol–water partition coefficient (Wildman–Crippen LogP) is 0.990. The predicted molar refractivity (Wildman–Crippen MR) is 87.7 cm³/mol. The number of carboxylic acids is 1. The van der Waals surface area contributed by atoms with Crippen molar-refractivity contribution in [1.82, 2.24) is 15.1 Å². The smallest absolute Gasteiger partial charge is 0.329 e. The van der Waals surface area contributed by atoms with Crippen molar-refractivity contribution in [1.29, 1.82) is 0 Å². The van der Waals surface area contributed by atoms with Crippen molar-refractivity contribution in [2.24, 2.45) is 7.05 Å². The molecule has 0 aliphatic heterocycles. The fourth-order valence-corrected chi connectivity index (χ4v) is 3.34. The number of aromatic nitrogens is 2. The molecular weight excluding hydrogens is 310 g/mol. The molecule has 0 spiro atoms. The molecule has 7 nitrogen and oxygen atoms in total. The maximum Gasteiger partial charge on any atom is 0.329 e. The van der Waals surface area contributed by atoms with E-state index in [1.54, 1.807) is 24.3 Å². The average Bonchev–Trinajstić information content (AvgIpc) is 3.02. The quantitative estimate of drug-likeness (QED) is 0.871. The molecule has 1 saturated carbocycles. The molecule has 0 bridgehead atoms. The zero-order valence-corrected chi connectivity index (χ0v) is 13.4. The van der Waals surface area contributed by atoms with Crippen LogP contribution in [0.2, 0.25) is 0 Å². The van der Waals surface area contributed by atoms with Gasteiger partial charge in [-0.2, -0.15) is 5.10 Å². The number of benzene rings is 1. The van der Waals surface area contributed by atoms with Gasteiger partial charge in [0.05, 0.1) is 17.5 Å². The zero-order chi connectivity index (χ0) is 17.3. The number of hydrogen-bond donors (Lipinski definition) is 2. The molecule has 1 amide bonds. The van der Waals surface area contributed by atoms with Crippen LogP contribution in [0, 0.1) is 0 Å². The minimum Gasteiger partial charge on any atom is -0.480 e. The van der Waals surface area contributed by atoms with E-state index in [0.29, 0.717) is 29.3 Å². The number of hydrogen-bond acceptors (Lipinski definition) is 4. The summed E-state index contributed by atoms with van der Waals surface area (Å²) in [4.78, 5) is 36.1. The summed E-state index contributed by atoms with van der Waals surface area (Å²) in [6, 6.07) is 6.97. The third-order valence-corrected chi connectivity index (χ3v) is 4.61. The van der Waals surface area contributed by atoms with Crippen LogP contribution in [0.5, 0.6) is 0 Å². The number of aliphatic carboxylic acids is 1. The van der Waals surface area contributed by atoms with Crippen molar-refractivity contribution in [3.8, 4) is 0 Å². The fourth-order valence-electron chi connectivity index (χ4n) is 3.34. The summed E-state index contributed by atoms with van der Waals surface area (Å²) in [5.74, 6) is -1.39. The van der Waals surface area contributed by atoms with Crippen LogP contribution in [0.4, 0.5) is 0 Å². The van der Waals surface area contributed by atoms with Gasteiger partial charge in [-0.1, -0.05) is 31.0 Å². The van der Waals surface area contributed by atoms with Crippen LogP contribution < -0.4 is 10.9 Å². The summed E-state index contributed by atoms with van der Waals surface area (Å²) >= 11 is 0. The lowest BCUT2D eigenvalue weighted by atomic mass is 9.97. The van der Waals surface area contributed by atoms with E-state index in [2.05, 4.69) is 10.4 Å². The van der Waals surface area contributed by atoms with Gasteiger partial charge in [-0.3, -0.25) is 9.59 Å². The summed E-state index contributed by atoms with van der Waals surface area (Å²) < 4.78 is 1.20. The first kappa shape index (κ1) is 16.2. The lowest BCUT2D eigenvalue weighted by molar-refractivity contribution is -0.147. The highest BCUT2D eigenvalue weighted by atomic mass is 16.4. The summed E-state index contributed by atoms with van der Waals surface area (Å²) in [5.41, 5.74) is -0.940. The molecule has 0 saturated heterocycles. The third-order valence-electron chi connectivity index (χ3n) is 4.61. The molecule has 24 heavy (non-hydrogen) atoms. The topological polar surface area (TPSA) is 101 Å². The molecule has 3 rings (SSSR count). The standard InChI is InChI=1S/C17H19N3O4/c1-20-15(22)12-7-3-2-6-11(12)13(19-20)10-14(21)18-17(16(23)24)8-4-5-9-17/h2-3,6-7H,4-5,8-10H2,1H3,(H,18,21)(H,23,24). The molecule has 1 aliphatic rings. The normalized spacial score (nSPS) is 16.2. The van der Waals surface area contributed by atoms with Gasteiger partial charge in [-0.25, -0.2) is 9.48 Å². The van der Waals surface area contributed by atoms with E-state index in [1.807, 2.05) is 0 Å². The number of fused-ring (bicyclic) bond motifs is 1. The lowest BCUT2D eigenvalue weighted by Gasteiger charge is -2.25. The van der Waals surface area contributed by atoms with Gasteiger partial charge in [0.2, 0.25) is 5.91 Å². The molecule has 0 unspecified atom stereocenters. The Morgan fingerprint density at radius 3 is 2.50 bits per heavy atom. The molecule has 2 aromatic rings. The maximum atomic E-state index is 12.4. The maximum absolute atomic E-state index is 12.4. The van der Waals surface area contributed by atoms with E-state index < -0.39 is 17.4 Å². The molecule has 1 heterocycles. The van der Waals surface area contributed by atoms with Crippen LogP contribution in [0.3, 0.4) is 0 Å². The Hall–Kier alpha value is -2.70. The van der Waals surface area contributed by atoms with E-state index in [0.717, 1.165) is 12.8 Å². The second-order valence-electron chi connectivity index (χ2n) is 6.24. The highest BCUT2D eigenvalue weighted by Crippen LogP contribution is 2.30. The van der Waals surface area contributed by atoms with Crippen molar-refractivity contribution < 1.29 is 14.7 Å². The van der Waals surface area contributed by atoms with Gasteiger partial charge in [0, 0.05) is 12.4 Å². The summed E-state index contributed by atoms with van der Waals surface area (Å²) in [5, 5.41) is 17.4. The van der Waals surface area contributed by atoms with Gasteiger partial charge in [0.1, 0.15) is 5.54 Å². The van der Waals surface area contributed by atoms with Gasteiger partial charge >= 0.3 is 5.97 Å². The molecule has 1 fully saturated rings. The van der Waals surface area contributed by atoms with Crippen molar-refractivity contribution in [3.05, 3.63) is 40.3 Å². The van der Waals surface area contributed by atoms with E-state index >= 15 is 0 Å². The van der Waals surface area contributed by atoms with Gasteiger partial charge in [0.15, 0.2) is 0 Å². The monoisotopic (exact) mass is 329 g/mol. The van der Waals surface area contributed by atoms with Gasteiger partial charge in [-0.05, 0) is 18.9 Å². The second kappa shape index (κ2) is 6.07. The highest BCUT2D eigenvalue weighted by molar-refractivity contribution is 5.91. The number of carbonyl (C=O) groups excluding carboxylic acids is 1. The third kappa shape index (κ3) is 2.77. The molecule has 1 aromatic heterocycles. The molecular formula is C17H19N3O4. The molecule has 0 atom stereocenters. The molecule has 7 heteroatoms. The van der Waals surface area contributed by atoms with E-state index in [1.165, 1.54) is 11.7 Å². The number of aryl methyl sites for hydroxylation is 1. The van der Waals surface area contributed by atoms with Crippen LogP contribution in [-0.4, -0.2) is 32.3 Å². The van der Waals surface area contributed by atoms with E-state index in [4.69, 9.17) is 0 Å². The van der Waals surface area contributed by atoms with Crippen molar-refractivity contribution in [2.75, 3.05) is 0 Å². The Bertz CT molecular complexity index is 866. The first-order chi connectivity index (χ1) is 11.4. The van der Waals surface area contributed by atoms with Crippen molar-refractivity contribution in [3.63, 3.8) is 0 Å². The van der Waals surface area contributed by atoms with Crippen LogP contribution in [0.25, 0.3) is 10.8 Å². The number of rotatable bonds is 4. The molecule has 0 radical (unpaired) electrons. The van der Waals surface area contributed by atoms with Gasteiger partial charge in [0.25, 0.3) is 5.56 Å². The summed E-state index contributed by atoms with van der Waals surface area (Å²) in [6.07, 6.45) is 2.38. The summed E-state index contributed by atoms with van der Waals surface area (Å²) in [7, 11) is 1.53. The van der Waals surface area contributed by atoms with Crippen LogP contribution in [0.1, 0.15) is 31.4 Å². The molecule has 1 aromatic carbocycles. The van der Waals surface area contributed by atoms with Crippen LogP contribution >= 0.6 is 0 Å². The zero-order valence-electron chi connectivity index (χ0n) is 13.4. The lowest BCUT2D eigenvalue weighted by Crippen LogP contribution is -2.53. The van der Waals surface area contributed by atoms with E-state index in [-0.39, 0.29) is 12.0 Å². The van der Waals surface area contributed by atoms with Crippen LogP contribution in [0.15, 0.2) is 29.1 Å². The SMILES string of the molecule is Cn1nc(CC(=O)NC2(C(=O)O)CCCC2)c2ccccc2c1=O. The Kier molecular flexibility index (Phi) is 4.09. The van der Waals surface area contributed by atoms with Crippen molar-refractivity contribution >= 4 is 22.6 Å². The first-order valence-corrected chi connectivity index (χ1v) is 7.92. The minimum absolute atomic E-state index is 0.0658. The first-order valence-electron chi connectivity index (χ1n) is 7.92. The average molecular weight is 329 g/mol. The molecule has 126 valence electrons. The van der Waals surface area contributed by atoms with Crippen molar-refractivity contribution in [2.45, 2.75) is 37.6 Å². The van der Waals surface area contributed by atoms with Gasteiger partial charge in [-0.15, -0.1) is 0 Å². The number of nitrogens with one attached hydrogen (secondary N) is 1.